The van der Waals surface area contributed by atoms with Crippen LogP contribution in [-0.4, -0.2) is 44.3 Å². The summed E-state index contributed by atoms with van der Waals surface area (Å²) in [6, 6.07) is 0.486. The van der Waals surface area contributed by atoms with Gasteiger partial charge in [-0.3, -0.25) is 4.90 Å². The van der Waals surface area contributed by atoms with E-state index >= 15 is 0 Å². The number of rotatable bonds is 8. The van der Waals surface area contributed by atoms with Crippen molar-refractivity contribution in [1.29, 1.82) is 0 Å². The van der Waals surface area contributed by atoms with Crippen LogP contribution in [0, 0.1) is 0 Å². The van der Waals surface area contributed by atoms with E-state index in [9.17, 15) is 0 Å². The molecule has 13 heavy (non-hydrogen) atoms. The molecule has 0 heterocycles. The molecule has 1 unspecified atom stereocenters. The van der Waals surface area contributed by atoms with Crippen molar-refractivity contribution >= 4 is 0 Å². The van der Waals surface area contributed by atoms with E-state index in [1.54, 1.807) is 7.11 Å². The van der Waals surface area contributed by atoms with Crippen LogP contribution in [0.25, 0.3) is 0 Å². The summed E-state index contributed by atoms with van der Waals surface area (Å²) in [4.78, 5) is 2.40. The van der Waals surface area contributed by atoms with Crippen LogP contribution in [-0.2, 0) is 4.74 Å². The summed E-state index contributed by atoms with van der Waals surface area (Å²) >= 11 is 0. The lowest BCUT2D eigenvalue weighted by molar-refractivity contribution is 0.100. The number of hydrogen-bond donors (Lipinski definition) is 1. The minimum Gasteiger partial charge on any atom is -0.383 e. The molecule has 2 N–H and O–H groups in total. The van der Waals surface area contributed by atoms with Gasteiger partial charge in [0.25, 0.3) is 0 Å². The Kier molecular flexibility index (Phi) is 8.40. The van der Waals surface area contributed by atoms with Gasteiger partial charge in [0.15, 0.2) is 0 Å². The molecule has 0 spiro atoms. The molecule has 0 aromatic rings. The summed E-state index contributed by atoms with van der Waals surface area (Å²) in [6.45, 7) is 8.04. The smallest absolute Gasteiger partial charge is 0.0615 e. The number of nitrogens with two attached hydrogens (primary N) is 1. The van der Waals surface area contributed by atoms with Crippen LogP contribution in [0.5, 0.6) is 0 Å². The van der Waals surface area contributed by atoms with Crippen molar-refractivity contribution in [3.63, 3.8) is 0 Å². The Hall–Kier alpha value is -0.120. The molecule has 0 bridgehead atoms. The molecule has 3 nitrogen and oxygen atoms in total. The molecule has 0 rings (SSSR count). The van der Waals surface area contributed by atoms with Crippen LogP contribution in [0.15, 0.2) is 0 Å². The fourth-order valence-electron chi connectivity index (χ4n) is 1.43. The minimum absolute atomic E-state index is 0.486. The molecule has 0 aliphatic rings. The van der Waals surface area contributed by atoms with E-state index in [-0.39, 0.29) is 0 Å². The van der Waals surface area contributed by atoms with Crippen LogP contribution in [0.2, 0.25) is 0 Å². The maximum Gasteiger partial charge on any atom is 0.0615 e. The van der Waals surface area contributed by atoms with Crippen LogP contribution in [0.1, 0.15) is 26.7 Å². The highest BCUT2D eigenvalue weighted by Gasteiger charge is 2.11. The zero-order valence-electron chi connectivity index (χ0n) is 9.25. The van der Waals surface area contributed by atoms with Crippen molar-refractivity contribution in [2.24, 2.45) is 5.73 Å². The Morgan fingerprint density at radius 2 is 2.08 bits per heavy atom. The lowest BCUT2D eigenvalue weighted by atomic mass is 10.2. The lowest BCUT2D eigenvalue weighted by Gasteiger charge is -2.27. The van der Waals surface area contributed by atoms with Crippen LogP contribution in [0.3, 0.4) is 0 Å². The van der Waals surface area contributed by atoms with E-state index in [0.717, 1.165) is 26.2 Å². The predicted octanol–water partition coefficient (Wildman–Crippen LogP) is 1.08. The van der Waals surface area contributed by atoms with Gasteiger partial charge in [-0.25, -0.2) is 0 Å². The number of ether oxygens (including phenoxy) is 1. The molecule has 0 saturated heterocycles. The predicted molar refractivity (Wildman–Crippen MR) is 56.9 cm³/mol. The zero-order valence-corrected chi connectivity index (χ0v) is 9.25. The second kappa shape index (κ2) is 8.48. The third-order valence-electron chi connectivity index (χ3n) is 2.25. The maximum absolute atomic E-state index is 5.55. The van der Waals surface area contributed by atoms with Crippen molar-refractivity contribution in [3.05, 3.63) is 0 Å². The molecule has 0 aromatic carbocycles. The van der Waals surface area contributed by atoms with E-state index in [0.29, 0.717) is 6.04 Å². The summed E-state index contributed by atoms with van der Waals surface area (Å²) < 4.78 is 5.13. The topological polar surface area (TPSA) is 38.5 Å². The van der Waals surface area contributed by atoms with Gasteiger partial charge in [-0.1, -0.05) is 13.3 Å². The Balaban J connectivity index is 3.75. The summed E-state index contributed by atoms with van der Waals surface area (Å²) in [5.74, 6) is 0. The molecule has 0 radical (unpaired) electrons. The van der Waals surface area contributed by atoms with Crippen LogP contribution >= 0.6 is 0 Å². The van der Waals surface area contributed by atoms with E-state index in [1.807, 2.05) is 0 Å². The van der Waals surface area contributed by atoms with Gasteiger partial charge >= 0.3 is 0 Å². The Labute approximate surface area is 82.2 Å². The molecular formula is C10H24N2O. The molecular weight excluding hydrogens is 164 g/mol. The number of nitrogens with zero attached hydrogens (tertiary/aromatic N) is 1. The third kappa shape index (κ3) is 6.02. The normalized spacial score (nSPS) is 13.6. The van der Waals surface area contributed by atoms with Crippen LogP contribution < -0.4 is 5.73 Å². The number of methoxy groups -OCH3 is 1. The Morgan fingerprint density at radius 1 is 1.38 bits per heavy atom. The largest absolute Gasteiger partial charge is 0.383 e. The van der Waals surface area contributed by atoms with Gasteiger partial charge in [-0.05, 0) is 19.9 Å². The molecule has 0 aliphatic carbocycles. The lowest BCUT2D eigenvalue weighted by Crippen LogP contribution is -2.40. The van der Waals surface area contributed by atoms with Crippen molar-refractivity contribution in [2.45, 2.75) is 32.7 Å². The number of unbranched alkanes of at least 4 members (excludes halogenated alkanes) is 1. The molecule has 0 amide bonds. The highest BCUT2D eigenvalue weighted by atomic mass is 16.5. The summed E-state index contributed by atoms with van der Waals surface area (Å²) in [6.07, 6.45) is 2.48. The second-order valence-electron chi connectivity index (χ2n) is 3.48. The summed E-state index contributed by atoms with van der Waals surface area (Å²) in [7, 11) is 1.75. The van der Waals surface area contributed by atoms with Gasteiger partial charge < -0.3 is 10.5 Å². The van der Waals surface area contributed by atoms with E-state index < -0.39 is 0 Å². The molecule has 80 valence electrons. The minimum atomic E-state index is 0.486. The maximum atomic E-state index is 5.55. The van der Waals surface area contributed by atoms with E-state index in [4.69, 9.17) is 10.5 Å². The van der Waals surface area contributed by atoms with Gasteiger partial charge in [-0.2, -0.15) is 0 Å². The van der Waals surface area contributed by atoms with Crippen LogP contribution in [0.4, 0.5) is 0 Å². The molecule has 3 heteroatoms. The SMILES string of the molecule is CCCCN(CCN)C(C)COC. The van der Waals surface area contributed by atoms with Gasteiger partial charge in [0.1, 0.15) is 0 Å². The monoisotopic (exact) mass is 188 g/mol. The van der Waals surface area contributed by atoms with E-state index in [1.165, 1.54) is 12.8 Å². The standard InChI is InChI=1S/C10H24N2O/c1-4-5-7-12(8-6-11)10(2)9-13-3/h10H,4-9,11H2,1-3H3. The third-order valence-corrected chi connectivity index (χ3v) is 2.25. The quantitative estimate of drug-likeness (QED) is 0.619. The first-order chi connectivity index (χ1) is 6.26. The zero-order chi connectivity index (χ0) is 10.1. The fraction of sp³-hybridized carbons (Fsp3) is 1.00. The second-order valence-corrected chi connectivity index (χ2v) is 3.48. The molecule has 0 saturated carbocycles. The van der Waals surface area contributed by atoms with Gasteiger partial charge in [0, 0.05) is 26.2 Å². The van der Waals surface area contributed by atoms with Crippen molar-refractivity contribution in [2.75, 3.05) is 33.4 Å². The first-order valence-electron chi connectivity index (χ1n) is 5.19. The van der Waals surface area contributed by atoms with Crippen molar-refractivity contribution in [1.82, 2.24) is 4.90 Å². The number of hydrogen-bond acceptors (Lipinski definition) is 3. The Morgan fingerprint density at radius 3 is 2.54 bits per heavy atom. The highest BCUT2D eigenvalue weighted by molar-refractivity contribution is 4.66. The average Bonchev–Trinajstić information content (AvgIpc) is 2.12. The first-order valence-corrected chi connectivity index (χ1v) is 5.19. The summed E-state index contributed by atoms with van der Waals surface area (Å²) in [5.41, 5.74) is 5.55. The molecule has 1 atom stereocenters. The van der Waals surface area contributed by atoms with Gasteiger partial charge in [0.2, 0.25) is 0 Å². The average molecular weight is 188 g/mol. The first kappa shape index (κ1) is 12.9. The fourth-order valence-corrected chi connectivity index (χ4v) is 1.43. The molecule has 0 aliphatic heterocycles. The van der Waals surface area contributed by atoms with Crippen molar-refractivity contribution < 1.29 is 4.74 Å². The van der Waals surface area contributed by atoms with Crippen molar-refractivity contribution in [3.8, 4) is 0 Å². The van der Waals surface area contributed by atoms with E-state index in [2.05, 4.69) is 18.7 Å². The Bertz CT molecular complexity index is 109. The summed E-state index contributed by atoms with van der Waals surface area (Å²) in [5, 5.41) is 0. The molecule has 0 fully saturated rings. The highest BCUT2D eigenvalue weighted by Crippen LogP contribution is 2.01. The van der Waals surface area contributed by atoms with Gasteiger partial charge in [-0.15, -0.1) is 0 Å². The van der Waals surface area contributed by atoms with Gasteiger partial charge in [0.05, 0.1) is 6.61 Å². The molecule has 0 aromatic heterocycles.